The Bertz CT molecular complexity index is 458. The van der Waals surface area contributed by atoms with Crippen molar-refractivity contribution in [2.75, 3.05) is 7.05 Å². The highest BCUT2D eigenvalue weighted by Crippen LogP contribution is 2.06. The van der Waals surface area contributed by atoms with Crippen molar-refractivity contribution < 1.29 is 9.59 Å². The number of hydrogen-bond donors (Lipinski definition) is 3. The van der Waals surface area contributed by atoms with E-state index in [2.05, 4.69) is 10.6 Å². The van der Waals surface area contributed by atoms with Crippen LogP contribution in [0.4, 0.5) is 0 Å². The summed E-state index contributed by atoms with van der Waals surface area (Å²) in [7, 11) is 1.58. The monoisotopic (exact) mass is 263 g/mol. The van der Waals surface area contributed by atoms with E-state index < -0.39 is 0 Å². The summed E-state index contributed by atoms with van der Waals surface area (Å²) in [5, 5.41) is 5.38. The Hall–Kier alpha value is -1.88. The fourth-order valence-corrected chi connectivity index (χ4v) is 1.56. The zero-order chi connectivity index (χ0) is 14.4. The molecule has 0 saturated carbocycles. The first-order valence-corrected chi connectivity index (χ1v) is 6.30. The third kappa shape index (κ3) is 4.37. The molecule has 0 heterocycles. The van der Waals surface area contributed by atoms with E-state index in [4.69, 9.17) is 5.73 Å². The molecule has 0 aliphatic carbocycles. The molecule has 104 valence electrons. The molecular formula is C14H21N3O2. The number of nitrogens with one attached hydrogen (secondary N) is 2. The van der Waals surface area contributed by atoms with Crippen LogP contribution in [-0.4, -0.2) is 24.9 Å². The van der Waals surface area contributed by atoms with Crippen molar-refractivity contribution in [2.45, 2.75) is 26.4 Å². The van der Waals surface area contributed by atoms with Crippen molar-refractivity contribution in [1.82, 2.24) is 10.6 Å². The molecule has 0 aliphatic rings. The van der Waals surface area contributed by atoms with Crippen LogP contribution < -0.4 is 16.4 Å². The van der Waals surface area contributed by atoms with Gasteiger partial charge in [-0.3, -0.25) is 9.59 Å². The molecule has 4 N–H and O–H groups in total. The van der Waals surface area contributed by atoms with Crippen molar-refractivity contribution >= 4 is 11.8 Å². The average molecular weight is 263 g/mol. The lowest BCUT2D eigenvalue weighted by molar-refractivity contribution is -0.125. The van der Waals surface area contributed by atoms with Gasteiger partial charge in [-0.25, -0.2) is 0 Å². The summed E-state index contributed by atoms with van der Waals surface area (Å²) >= 11 is 0. The number of nitrogens with two attached hydrogens (primary N) is 1. The highest BCUT2D eigenvalue weighted by molar-refractivity contribution is 5.94. The minimum Gasteiger partial charge on any atom is -0.355 e. The standard InChI is InChI=1S/C14H21N3O2/c1-9(10(2)15)13(18)17-8-11-5-4-6-12(7-11)14(19)16-3/h4-7,9-10H,8,15H2,1-3H3,(H,16,19)(H,17,18). The molecule has 0 saturated heterocycles. The van der Waals surface area contributed by atoms with Crippen molar-refractivity contribution in [3.05, 3.63) is 35.4 Å². The summed E-state index contributed by atoms with van der Waals surface area (Å²) < 4.78 is 0. The summed E-state index contributed by atoms with van der Waals surface area (Å²) in [6.45, 7) is 3.98. The summed E-state index contributed by atoms with van der Waals surface area (Å²) in [4.78, 5) is 23.2. The van der Waals surface area contributed by atoms with E-state index in [1.54, 1.807) is 39.1 Å². The van der Waals surface area contributed by atoms with Crippen LogP contribution in [-0.2, 0) is 11.3 Å². The van der Waals surface area contributed by atoms with E-state index in [0.717, 1.165) is 5.56 Å². The highest BCUT2D eigenvalue weighted by Gasteiger charge is 2.16. The minimum atomic E-state index is -0.234. The smallest absolute Gasteiger partial charge is 0.251 e. The van der Waals surface area contributed by atoms with Crippen LogP contribution in [0.5, 0.6) is 0 Å². The number of amides is 2. The molecule has 0 aliphatic heterocycles. The summed E-state index contributed by atoms with van der Waals surface area (Å²) in [5.41, 5.74) is 7.13. The van der Waals surface area contributed by atoms with Gasteiger partial charge >= 0.3 is 0 Å². The third-order valence-corrected chi connectivity index (χ3v) is 3.09. The molecule has 2 atom stereocenters. The molecule has 1 rings (SSSR count). The SMILES string of the molecule is CNC(=O)c1cccc(CNC(=O)C(C)C(C)N)c1. The maximum Gasteiger partial charge on any atom is 0.251 e. The van der Waals surface area contributed by atoms with Crippen molar-refractivity contribution in [3.8, 4) is 0 Å². The minimum absolute atomic E-state index is 0.0830. The summed E-state index contributed by atoms with van der Waals surface area (Å²) in [6.07, 6.45) is 0. The maximum atomic E-state index is 11.8. The van der Waals surface area contributed by atoms with Gasteiger partial charge in [-0.2, -0.15) is 0 Å². The van der Waals surface area contributed by atoms with E-state index in [-0.39, 0.29) is 23.8 Å². The van der Waals surface area contributed by atoms with E-state index in [9.17, 15) is 9.59 Å². The second kappa shape index (κ2) is 6.89. The Labute approximate surface area is 113 Å². The van der Waals surface area contributed by atoms with Gasteiger partial charge in [0.15, 0.2) is 0 Å². The predicted octanol–water partition coefficient (Wildman–Crippen LogP) is 0.646. The largest absolute Gasteiger partial charge is 0.355 e. The van der Waals surface area contributed by atoms with Crippen LogP contribution in [0, 0.1) is 5.92 Å². The number of benzene rings is 1. The Balaban J connectivity index is 2.63. The lowest BCUT2D eigenvalue weighted by atomic mass is 10.0. The molecule has 0 radical (unpaired) electrons. The second-order valence-corrected chi connectivity index (χ2v) is 4.65. The molecule has 2 amide bonds. The van der Waals surface area contributed by atoms with Crippen LogP contribution in [0.3, 0.4) is 0 Å². The number of carbonyl (C=O) groups is 2. The van der Waals surface area contributed by atoms with Crippen LogP contribution in [0.1, 0.15) is 29.8 Å². The maximum absolute atomic E-state index is 11.8. The van der Waals surface area contributed by atoms with Crippen LogP contribution in [0.15, 0.2) is 24.3 Å². The molecule has 5 nitrogen and oxygen atoms in total. The molecule has 19 heavy (non-hydrogen) atoms. The molecular weight excluding hydrogens is 242 g/mol. The lowest BCUT2D eigenvalue weighted by Crippen LogP contribution is -2.38. The Kier molecular flexibility index (Phi) is 5.51. The average Bonchev–Trinajstić information content (AvgIpc) is 2.43. The molecule has 2 unspecified atom stereocenters. The number of rotatable bonds is 5. The number of carbonyl (C=O) groups excluding carboxylic acids is 2. The van der Waals surface area contributed by atoms with E-state index in [0.29, 0.717) is 12.1 Å². The van der Waals surface area contributed by atoms with Gasteiger partial charge in [-0.15, -0.1) is 0 Å². The Morgan fingerprint density at radius 2 is 2.00 bits per heavy atom. The van der Waals surface area contributed by atoms with Crippen molar-refractivity contribution in [3.63, 3.8) is 0 Å². The van der Waals surface area contributed by atoms with Crippen LogP contribution in [0.25, 0.3) is 0 Å². The first-order chi connectivity index (χ1) is 8.95. The summed E-state index contributed by atoms with van der Waals surface area (Å²) in [5.74, 6) is -0.459. The third-order valence-electron chi connectivity index (χ3n) is 3.09. The predicted molar refractivity (Wildman–Crippen MR) is 74.5 cm³/mol. The van der Waals surface area contributed by atoms with E-state index in [1.165, 1.54) is 0 Å². The van der Waals surface area contributed by atoms with Gasteiger partial charge in [0, 0.05) is 31.1 Å². The fraction of sp³-hybridized carbons (Fsp3) is 0.429. The molecule has 5 heteroatoms. The van der Waals surface area contributed by atoms with Crippen molar-refractivity contribution in [1.29, 1.82) is 0 Å². The molecule has 0 aromatic heterocycles. The molecule has 1 aromatic carbocycles. The quantitative estimate of drug-likeness (QED) is 0.729. The highest BCUT2D eigenvalue weighted by atomic mass is 16.2. The fourth-order valence-electron chi connectivity index (χ4n) is 1.56. The zero-order valence-corrected chi connectivity index (χ0v) is 11.6. The van der Waals surface area contributed by atoms with E-state index >= 15 is 0 Å². The first-order valence-electron chi connectivity index (χ1n) is 6.30. The lowest BCUT2D eigenvalue weighted by Gasteiger charge is -2.15. The normalized spacial score (nSPS) is 13.5. The van der Waals surface area contributed by atoms with Gasteiger partial charge in [-0.05, 0) is 24.6 Å². The van der Waals surface area contributed by atoms with Crippen LogP contribution in [0.2, 0.25) is 0 Å². The molecule has 0 bridgehead atoms. The first kappa shape index (κ1) is 15.2. The molecule has 0 fully saturated rings. The van der Waals surface area contributed by atoms with Gasteiger partial charge in [-0.1, -0.05) is 19.1 Å². The van der Waals surface area contributed by atoms with Gasteiger partial charge in [0.25, 0.3) is 5.91 Å². The van der Waals surface area contributed by atoms with Gasteiger partial charge in [0.05, 0.1) is 0 Å². The Morgan fingerprint density at radius 3 is 2.58 bits per heavy atom. The Morgan fingerprint density at radius 1 is 1.32 bits per heavy atom. The number of hydrogen-bond acceptors (Lipinski definition) is 3. The van der Waals surface area contributed by atoms with Gasteiger partial charge in [0.1, 0.15) is 0 Å². The van der Waals surface area contributed by atoms with Crippen LogP contribution >= 0.6 is 0 Å². The summed E-state index contributed by atoms with van der Waals surface area (Å²) in [6, 6.07) is 6.96. The van der Waals surface area contributed by atoms with E-state index in [1.807, 2.05) is 6.07 Å². The van der Waals surface area contributed by atoms with Crippen molar-refractivity contribution in [2.24, 2.45) is 11.7 Å². The topological polar surface area (TPSA) is 84.2 Å². The second-order valence-electron chi connectivity index (χ2n) is 4.65. The molecule has 0 spiro atoms. The van der Waals surface area contributed by atoms with Gasteiger partial charge in [0.2, 0.25) is 5.91 Å². The molecule has 1 aromatic rings. The van der Waals surface area contributed by atoms with Gasteiger partial charge < -0.3 is 16.4 Å². The zero-order valence-electron chi connectivity index (χ0n) is 11.6.